The van der Waals surface area contributed by atoms with Crippen LogP contribution in [0.2, 0.25) is 0 Å². The monoisotopic (exact) mass is 337 g/mol. The maximum Gasteiger partial charge on any atom is 0.240 e. The Hall–Kier alpha value is -1.05. The van der Waals surface area contributed by atoms with Crippen LogP contribution in [-0.2, 0) is 11.2 Å². The number of para-hydroxylation sites is 1. The Labute approximate surface area is 136 Å². The molecular weight excluding hydrogens is 322 g/mol. The molecule has 21 heavy (non-hydrogen) atoms. The predicted molar refractivity (Wildman–Crippen MR) is 89.5 cm³/mol. The Balaban J connectivity index is 1.71. The highest BCUT2D eigenvalue weighted by atomic mass is 32.2. The van der Waals surface area contributed by atoms with E-state index >= 15 is 0 Å². The van der Waals surface area contributed by atoms with Crippen LogP contribution in [0.3, 0.4) is 0 Å². The van der Waals surface area contributed by atoms with Gasteiger partial charge in [0.1, 0.15) is 0 Å². The summed E-state index contributed by atoms with van der Waals surface area (Å²) in [4.78, 5) is 14.5. The van der Waals surface area contributed by atoms with Crippen LogP contribution < -0.4 is 4.90 Å². The molecule has 0 N–H and O–H groups in total. The van der Waals surface area contributed by atoms with Crippen molar-refractivity contribution in [3.8, 4) is 0 Å². The number of benzene rings is 1. The third-order valence-electron chi connectivity index (χ3n) is 3.34. The first kappa shape index (κ1) is 14.9. The molecule has 4 nitrogen and oxygen atoms in total. The van der Waals surface area contributed by atoms with Crippen LogP contribution >= 0.6 is 34.9 Å². The van der Waals surface area contributed by atoms with Crippen LogP contribution in [0.5, 0.6) is 0 Å². The van der Waals surface area contributed by atoms with Gasteiger partial charge in [-0.2, -0.15) is 0 Å². The van der Waals surface area contributed by atoms with Gasteiger partial charge in [-0.15, -0.1) is 10.2 Å². The molecule has 1 aliphatic heterocycles. The molecule has 1 aromatic carbocycles. The van der Waals surface area contributed by atoms with Crippen LogP contribution in [0, 0.1) is 0 Å². The van der Waals surface area contributed by atoms with E-state index in [-0.39, 0.29) is 11.2 Å². The van der Waals surface area contributed by atoms with Crippen LogP contribution in [0.15, 0.2) is 32.9 Å². The van der Waals surface area contributed by atoms with E-state index in [4.69, 9.17) is 0 Å². The summed E-state index contributed by atoms with van der Waals surface area (Å²) in [5.74, 6) is 0.144. The van der Waals surface area contributed by atoms with E-state index in [1.807, 2.05) is 36.3 Å². The molecule has 0 radical (unpaired) electrons. The van der Waals surface area contributed by atoms with Crippen LogP contribution in [0.4, 0.5) is 5.69 Å². The second-order valence-corrected chi connectivity index (χ2v) is 8.29. The Morgan fingerprint density at radius 3 is 2.86 bits per heavy atom. The van der Waals surface area contributed by atoms with Crippen LogP contribution in [0.1, 0.15) is 12.5 Å². The van der Waals surface area contributed by atoms with Gasteiger partial charge in [0.25, 0.3) is 0 Å². The quantitative estimate of drug-likeness (QED) is 0.801. The maximum atomic E-state index is 12.6. The number of rotatable bonds is 4. The summed E-state index contributed by atoms with van der Waals surface area (Å²) >= 11 is 4.61. The minimum absolute atomic E-state index is 0.144. The first-order chi connectivity index (χ1) is 10.2. The first-order valence-corrected chi connectivity index (χ1v) is 9.54. The molecule has 110 valence electrons. The first-order valence-electron chi connectivity index (χ1n) is 6.62. The Kier molecular flexibility index (Phi) is 4.51. The fourth-order valence-corrected chi connectivity index (χ4v) is 4.96. The molecule has 1 atom stereocenters. The van der Waals surface area contributed by atoms with Crippen molar-refractivity contribution in [1.82, 2.24) is 10.2 Å². The van der Waals surface area contributed by atoms with Crippen molar-refractivity contribution in [1.29, 1.82) is 0 Å². The van der Waals surface area contributed by atoms with Gasteiger partial charge in [0, 0.05) is 12.2 Å². The molecule has 2 heterocycles. The van der Waals surface area contributed by atoms with Gasteiger partial charge in [0.2, 0.25) is 5.91 Å². The summed E-state index contributed by atoms with van der Waals surface area (Å²) in [5, 5.41) is 8.03. The Morgan fingerprint density at radius 1 is 1.33 bits per heavy atom. The molecule has 0 saturated carbocycles. The van der Waals surface area contributed by atoms with Crippen LogP contribution in [0.25, 0.3) is 0 Å². The second kappa shape index (κ2) is 6.37. The zero-order valence-electron chi connectivity index (χ0n) is 11.8. The molecule has 0 fully saturated rings. The average Bonchev–Trinajstić information content (AvgIpc) is 3.12. The van der Waals surface area contributed by atoms with E-state index < -0.39 is 0 Å². The molecule has 0 aliphatic carbocycles. The van der Waals surface area contributed by atoms with Crippen molar-refractivity contribution in [2.45, 2.75) is 27.3 Å². The molecule has 0 spiro atoms. The summed E-state index contributed by atoms with van der Waals surface area (Å²) in [7, 11) is 0. The SMILES string of the molecule is CSc1nnc(SC(C)C(=O)N2CCc3ccccc32)s1. The van der Waals surface area contributed by atoms with Gasteiger partial charge in [0.15, 0.2) is 8.68 Å². The lowest BCUT2D eigenvalue weighted by Crippen LogP contribution is -2.35. The summed E-state index contributed by atoms with van der Waals surface area (Å²) in [6, 6.07) is 8.12. The zero-order valence-corrected chi connectivity index (χ0v) is 14.2. The number of anilines is 1. The highest BCUT2D eigenvalue weighted by molar-refractivity contribution is 8.03. The summed E-state index contributed by atoms with van der Waals surface area (Å²) in [6.45, 7) is 2.71. The number of hydrogen-bond donors (Lipinski definition) is 0. The second-order valence-electron chi connectivity index (χ2n) is 4.67. The summed E-state index contributed by atoms with van der Waals surface area (Å²) in [6.07, 6.45) is 2.92. The molecule has 0 saturated heterocycles. The number of carbonyl (C=O) groups excluding carboxylic acids is 1. The number of hydrogen-bond acceptors (Lipinski definition) is 6. The molecule has 1 unspecified atom stereocenters. The van der Waals surface area contributed by atoms with E-state index in [1.54, 1.807) is 11.8 Å². The summed E-state index contributed by atoms with van der Waals surface area (Å²) in [5.41, 5.74) is 2.31. The fraction of sp³-hybridized carbons (Fsp3) is 0.357. The number of nitrogens with zero attached hydrogens (tertiary/aromatic N) is 3. The van der Waals surface area contributed by atoms with Gasteiger partial charge >= 0.3 is 0 Å². The zero-order chi connectivity index (χ0) is 14.8. The number of aromatic nitrogens is 2. The largest absolute Gasteiger partial charge is 0.311 e. The lowest BCUT2D eigenvalue weighted by Gasteiger charge is -2.20. The van der Waals surface area contributed by atoms with Gasteiger partial charge in [-0.25, -0.2) is 0 Å². The fourth-order valence-electron chi connectivity index (χ4n) is 2.32. The van der Waals surface area contributed by atoms with Gasteiger partial charge in [-0.05, 0) is 31.2 Å². The van der Waals surface area contributed by atoms with E-state index in [0.29, 0.717) is 0 Å². The van der Waals surface area contributed by atoms with Crippen molar-refractivity contribution in [3.63, 3.8) is 0 Å². The topological polar surface area (TPSA) is 46.1 Å². The summed E-state index contributed by atoms with van der Waals surface area (Å²) < 4.78 is 1.79. The molecule has 1 aliphatic rings. The molecule has 2 aromatic rings. The Morgan fingerprint density at radius 2 is 2.10 bits per heavy atom. The van der Waals surface area contributed by atoms with Crippen molar-refractivity contribution < 1.29 is 4.79 Å². The number of amides is 1. The minimum atomic E-state index is -0.154. The van der Waals surface area contributed by atoms with Gasteiger partial charge in [-0.1, -0.05) is 53.1 Å². The van der Waals surface area contributed by atoms with Gasteiger partial charge < -0.3 is 4.90 Å². The lowest BCUT2D eigenvalue weighted by atomic mass is 10.2. The highest BCUT2D eigenvalue weighted by Crippen LogP contribution is 2.33. The third-order valence-corrected chi connectivity index (χ3v) is 6.41. The minimum Gasteiger partial charge on any atom is -0.311 e. The van der Waals surface area contributed by atoms with Crippen molar-refractivity contribution >= 4 is 46.5 Å². The molecule has 1 aromatic heterocycles. The van der Waals surface area contributed by atoms with Gasteiger partial charge in [-0.3, -0.25) is 4.79 Å². The average molecular weight is 337 g/mol. The molecule has 7 heteroatoms. The molecule has 0 bridgehead atoms. The number of carbonyl (C=O) groups is 1. The highest BCUT2D eigenvalue weighted by Gasteiger charge is 2.28. The van der Waals surface area contributed by atoms with Crippen molar-refractivity contribution in [2.75, 3.05) is 17.7 Å². The Bertz CT molecular complexity index is 658. The van der Waals surface area contributed by atoms with Crippen molar-refractivity contribution in [2.24, 2.45) is 0 Å². The smallest absolute Gasteiger partial charge is 0.240 e. The van der Waals surface area contributed by atoms with Gasteiger partial charge in [0.05, 0.1) is 5.25 Å². The van der Waals surface area contributed by atoms with E-state index in [1.165, 1.54) is 28.7 Å². The maximum absolute atomic E-state index is 12.6. The van der Waals surface area contributed by atoms with E-state index in [0.717, 1.165) is 27.3 Å². The number of thioether (sulfide) groups is 2. The van der Waals surface area contributed by atoms with E-state index in [9.17, 15) is 4.79 Å². The number of fused-ring (bicyclic) bond motifs is 1. The van der Waals surface area contributed by atoms with E-state index in [2.05, 4.69) is 16.3 Å². The predicted octanol–water partition coefficient (Wildman–Crippen LogP) is 3.33. The third kappa shape index (κ3) is 3.09. The van der Waals surface area contributed by atoms with Crippen LogP contribution in [-0.4, -0.2) is 34.2 Å². The lowest BCUT2D eigenvalue weighted by molar-refractivity contribution is -0.117. The molecule has 1 amide bonds. The van der Waals surface area contributed by atoms with Crippen molar-refractivity contribution in [3.05, 3.63) is 29.8 Å². The molecular formula is C14H15N3OS3. The normalized spacial score (nSPS) is 15.0. The molecule has 3 rings (SSSR count). The standard InChI is InChI=1S/C14H15N3OS3/c1-9(20-14-16-15-13(19-2)21-14)12(18)17-8-7-10-5-3-4-6-11(10)17/h3-6,9H,7-8H2,1-2H3.